The normalized spacial score (nSPS) is 14.0. The number of sulfone groups is 1. The van der Waals surface area contributed by atoms with E-state index in [9.17, 15) is 8.42 Å². The lowest BCUT2D eigenvalue weighted by Crippen LogP contribution is -2.47. The summed E-state index contributed by atoms with van der Waals surface area (Å²) in [6, 6.07) is 6.65. The summed E-state index contributed by atoms with van der Waals surface area (Å²) in [7, 11) is -1.74. The van der Waals surface area contributed by atoms with Crippen molar-refractivity contribution in [2.75, 3.05) is 26.6 Å². The fourth-order valence-corrected chi connectivity index (χ4v) is 2.59. The molecule has 0 spiro atoms. The summed E-state index contributed by atoms with van der Waals surface area (Å²) in [5, 5.41) is 0. The highest BCUT2D eigenvalue weighted by atomic mass is 32.2. The van der Waals surface area contributed by atoms with Gasteiger partial charge in [-0.15, -0.1) is 0 Å². The molecule has 0 bridgehead atoms. The highest BCUT2D eigenvalue weighted by Gasteiger charge is 2.40. The molecule has 120 valence electrons. The Balaban J connectivity index is 3.17. The SMILES string of the molecule is COCCOc1ccccc1C(NN)C(C)(C)S(C)(=O)=O. The van der Waals surface area contributed by atoms with E-state index in [4.69, 9.17) is 15.3 Å². The molecule has 0 aliphatic carbocycles. The van der Waals surface area contributed by atoms with Crippen LogP contribution in [0.25, 0.3) is 0 Å². The van der Waals surface area contributed by atoms with Crippen molar-refractivity contribution in [1.82, 2.24) is 5.43 Å². The molecule has 1 aromatic rings. The number of benzene rings is 1. The highest BCUT2D eigenvalue weighted by Crippen LogP contribution is 2.36. The van der Waals surface area contributed by atoms with Gasteiger partial charge < -0.3 is 9.47 Å². The van der Waals surface area contributed by atoms with Gasteiger partial charge in [-0.05, 0) is 19.9 Å². The van der Waals surface area contributed by atoms with E-state index in [2.05, 4.69) is 5.43 Å². The first-order valence-electron chi connectivity index (χ1n) is 6.62. The number of hydrogen-bond donors (Lipinski definition) is 2. The van der Waals surface area contributed by atoms with Crippen molar-refractivity contribution >= 4 is 9.84 Å². The summed E-state index contributed by atoms with van der Waals surface area (Å²) >= 11 is 0. The Morgan fingerprint density at radius 3 is 2.43 bits per heavy atom. The molecular formula is C14H24N2O4S. The van der Waals surface area contributed by atoms with E-state index in [1.54, 1.807) is 33.1 Å². The van der Waals surface area contributed by atoms with Gasteiger partial charge in [0.05, 0.1) is 17.4 Å². The molecule has 1 aromatic carbocycles. The number of methoxy groups -OCH3 is 1. The lowest BCUT2D eigenvalue weighted by molar-refractivity contribution is 0.145. The van der Waals surface area contributed by atoms with Crippen LogP contribution in [0, 0.1) is 0 Å². The fourth-order valence-electron chi connectivity index (χ4n) is 1.96. The van der Waals surface area contributed by atoms with Gasteiger partial charge in [-0.25, -0.2) is 8.42 Å². The maximum Gasteiger partial charge on any atom is 0.154 e. The van der Waals surface area contributed by atoms with Crippen LogP contribution in [0.4, 0.5) is 0 Å². The second kappa shape index (κ2) is 7.22. The van der Waals surface area contributed by atoms with E-state index < -0.39 is 20.6 Å². The first kappa shape index (κ1) is 17.9. The minimum absolute atomic E-state index is 0.379. The van der Waals surface area contributed by atoms with Gasteiger partial charge in [-0.3, -0.25) is 11.3 Å². The molecule has 7 heteroatoms. The number of rotatable bonds is 8. The van der Waals surface area contributed by atoms with Crippen LogP contribution in [0.15, 0.2) is 24.3 Å². The van der Waals surface area contributed by atoms with Crippen LogP contribution in [0.5, 0.6) is 5.75 Å². The molecule has 0 aliphatic heterocycles. The Hall–Kier alpha value is -1.15. The van der Waals surface area contributed by atoms with E-state index in [0.717, 1.165) is 0 Å². The third-order valence-electron chi connectivity index (χ3n) is 3.59. The van der Waals surface area contributed by atoms with Crippen molar-refractivity contribution in [3.63, 3.8) is 0 Å². The zero-order chi connectivity index (χ0) is 16.1. The zero-order valence-electron chi connectivity index (χ0n) is 12.9. The van der Waals surface area contributed by atoms with Crippen LogP contribution in [-0.4, -0.2) is 39.7 Å². The van der Waals surface area contributed by atoms with Gasteiger partial charge in [0.2, 0.25) is 0 Å². The van der Waals surface area contributed by atoms with Gasteiger partial charge in [0.25, 0.3) is 0 Å². The van der Waals surface area contributed by atoms with Gasteiger partial charge in [-0.2, -0.15) is 0 Å². The second-order valence-electron chi connectivity index (χ2n) is 5.35. The maximum atomic E-state index is 12.0. The van der Waals surface area contributed by atoms with Gasteiger partial charge in [0.1, 0.15) is 12.4 Å². The quantitative estimate of drug-likeness (QED) is 0.423. The minimum Gasteiger partial charge on any atom is -0.491 e. The van der Waals surface area contributed by atoms with Crippen molar-refractivity contribution in [1.29, 1.82) is 0 Å². The number of para-hydroxylation sites is 1. The van der Waals surface area contributed by atoms with Gasteiger partial charge in [0.15, 0.2) is 9.84 Å². The standard InChI is InChI=1S/C14H24N2O4S/c1-14(2,21(4,17)18)13(16-15)11-7-5-6-8-12(11)20-10-9-19-3/h5-8,13,16H,9-10,15H2,1-4H3. The molecule has 21 heavy (non-hydrogen) atoms. The number of hydrogen-bond acceptors (Lipinski definition) is 6. The molecule has 1 unspecified atom stereocenters. The molecule has 0 saturated carbocycles. The zero-order valence-corrected chi connectivity index (χ0v) is 13.7. The lowest BCUT2D eigenvalue weighted by Gasteiger charge is -2.33. The van der Waals surface area contributed by atoms with E-state index in [1.807, 2.05) is 12.1 Å². The predicted octanol–water partition coefficient (Wildman–Crippen LogP) is 1.04. The number of nitrogens with two attached hydrogens (primary N) is 1. The van der Waals surface area contributed by atoms with Gasteiger partial charge >= 0.3 is 0 Å². The van der Waals surface area contributed by atoms with E-state index in [-0.39, 0.29) is 0 Å². The highest BCUT2D eigenvalue weighted by molar-refractivity contribution is 7.92. The average molecular weight is 316 g/mol. The summed E-state index contributed by atoms with van der Waals surface area (Å²) in [6.07, 6.45) is 1.20. The Labute approximate surface area is 126 Å². The number of ether oxygens (including phenoxy) is 2. The summed E-state index contributed by atoms with van der Waals surface area (Å²) in [6.45, 7) is 4.10. The molecule has 1 rings (SSSR count). The van der Waals surface area contributed by atoms with Crippen molar-refractivity contribution in [2.45, 2.75) is 24.6 Å². The summed E-state index contributed by atoms with van der Waals surface area (Å²) < 4.78 is 33.6. The van der Waals surface area contributed by atoms with Crippen LogP contribution in [0.2, 0.25) is 0 Å². The van der Waals surface area contributed by atoms with Crippen LogP contribution in [0.1, 0.15) is 25.5 Å². The maximum absolute atomic E-state index is 12.0. The van der Waals surface area contributed by atoms with E-state index in [0.29, 0.717) is 24.5 Å². The Bertz CT molecular complexity index is 558. The molecule has 0 heterocycles. The topological polar surface area (TPSA) is 90.7 Å². The smallest absolute Gasteiger partial charge is 0.154 e. The van der Waals surface area contributed by atoms with Gasteiger partial charge in [-0.1, -0.05) is 18.2 Å². The first-order chi connectivity index (χ1) is 9.75. The molecule has 0 aromatic heterocycles. The molecule has 0 aliphatic rings. The third-order valence-corrected chi connectivity index (χ3v) is 5.74. The monoisotopic (exact) mass is 316 g/mol. The third kappa shape index (κ3) is 4.16. The second-order valence-corrected chi connectivity index (χ2v) is 7.95. The Morgan fingerprint density at radius 1 is 1.29 bits per heavy atom. The minimum atomic E-state index is -3.33. The van der Waals surface area contributed by atoms with E-state index >= 15 is 0 Å². The van der Waals surface area contributed by atoms with Crippen LogP contribution < -0.4 is 16.0 Å². The number of hydrazine groups is 1. The van der Waals surface area contributed by atoms with Crippen molar-refractivity contribution < 1.29 is 17.9 Å². The van der Waals surface area contributed by atoms with Crippen molar-refractivity contribution in [3.8, 4) is 5.75 Å². The molecule has 0 fully saturated rings. The van der Waals surface area contributed by atoms with Crippen LogP contribution >= 0.6 is 0 Å². The average Bonchev–Trinajstić information content (AvgIpc) is 2.40. The first-order valence-corrected chi connectivity index (χ1v) is 8.51. The van der Waals surface area contributed by atoms with Crippen molar-refractivity contribution in [3.05, 3.63) is 29.8 Å². The predicted molar refractivity (Wildman–Crippen MR) is 82.8 cm³/mol. The summed E-state index contributed by atoms with van der Waals surface area (Å²) in [5.41, 5.74) is 3.31. The molecular weight excluding hydrogens is 292 g/mol. The fraction of sp³-hybridized carbons (Fsp3) is 0.571. The summed E-state index contributed by atoms with van der Waals surface area (Å²) in [5.74, 6) is 6.21. The Morgan fingerprint density at radius 2 is 1.90 bits per heavy atom. The molecule has 0 amide bonds. The Kier molecular flexibility index (Phi) is 6.15. The van der Waals surface area contributed by atoms with E-state index in [1.165, 1.54) is 6.26 Å². The van der Waals surface area contributed by atoms with Gasteiger partial charge in [0, 0.05) is 18.9 Å². The molecule has 6 nitrogen and oxygen atoms in total. The molecule has 0 saturated heterocycles. The summed E-state index contributed by atoms with van der Waals surface area (Å²) in [4.78, 5) is 0. The van der Waals surface area contributed by atoms with Crippen LogP contribution in [-0.2, 0) is 14.6 Å². The largest absolute Gasteiger partial charge is 0.491 e. The molecule has 3 N–H and O–H groups in total. The molecule has 0 radical (unpaired) electrons. The van der Waals surface area contributed by atoms with Crippen molar-refractivity contribution in [2.24, 2.45) is 5.84 Å². The molecule has 1 atom stereocenters. The number of nitrogens with one attached hydrogen (secondary N) is 1. The van der Waals surface area contributed by atoms with Crippen LogP contribution in [0.3, 0.4) is 0 Å². The lowest BCUT2D eigenvalue weighted by atomic mass is 9.95.